The Labute approximate surface area is 101 Å². The van der Waals surface area contributed by atoms with Crippen molar-refractivity contribution in [2.45, 2.75) is 6.61 Å². The molecule has 1 rings (SSSR count). The van der Waals surface area contributed by atoms with Crippen molar-refractivity contribution in [1.29, 1.82) is 0 Å². The van der Waals surface area contributed by atoms with E-state index >= 15 is 0 Å². The summed E-state index contributed by atoms with van der Waals surface area (Å²) in [5.41, 5.74) is -0.500. The maximum absolute atomic E-state index is 12.1. The third-order valence-electron chi connectivity index (χ3n) is 1.92. The largest absolute Gasteiger partial charge is 0.465 e. The average molecular weight is 259 g/mol. The highest BCUT2D eigenvalue weighted by molar-refractivity contribution is 5.96. The molecule has 0 bridgehead atoms. The number of carbonyl (C=O) groups excluding carboxylic acids is 2. The van der Waals surface area contributed by atoms with Gasteiger partial charge in [-0.15, -0.1) is 0 Å². The van der Waals surface area contributed by atoms with E-state index in [-0.39, 0.29) is 5.56 Å². The lowest BCUT2D eigenvalue weighted by Gasteiger charge is -2.09. The van der Waals surface area contributed by atoms with E-state index < -0.39 is 29.9 Å². The monoisotopic (exact) mass is 259 g/mol. The van der Waals surface area contributed by atoms with Crippen LogP contribution in [0.15, 0.2) is 12.1 Å². The number of halogens is 2. The van der Waals surface area contributed by atoms with Crippen LogP contribution >= 0.6 is 0 Å². The van der Waals surface area contributed by atoms with E-state index in [0.717, 1.165) is 26.4 Å². The fraction of sp³-hybridized carbons (Fsp3) is 0.273. The van der Waals surface area contributed by atoms with E-state index in [2.05, 4.69) is 20.3 Å². The van der Waals surface area contributed by atoms with Crippen LogP contribution in [-0.2, 0) is 9.47 Å². The minimum absolute atomic E-state index is 0.0977. The minimum atomic E-state index is -3.11. The quantitative estimate of drug-likeness (QED) is 0.769. The number of rotatable bonds is 4. The fourth-order valence-electron chi connectivity index (χ4n) is 1.16. The topological polar surface area (TPSA) is 61.8 Å². The molecule has 5 nitrogen and oxygen atoms in total. The molecule has 97 valence electrons. The van der Waals surface area contributed by atoms with Gasteiger partial charge in [-0.3, -0.25) is 0 Å². The number of hydrogen-bond acceptors (Lipinski definition) is 5. The highest BCUT2D eigenvalue weighted by Gasteiger charge is 2.19. The Morgan fingerprint density at radius 1 is 1.17 bits per heavy atom. The van der Waals surface area contributed by atoms with Crippen LogP contribution in [0.1, 0.15) is 20.7 Å². The lowest BCUT2D eigenvalue weighted by Crippen LogP contribution is -2.11. The van der Waals surface area contributed by atoms with Crippen LogP contribution in [0.2, 0.25) is 0 Å². The number of carbonyl (C=O) groups is 2. The molecule has 0 spiro atoms. The molecular weight excluding hydrogens is 250 g/mol. The predicted molar refractivity (Wildman–Crippen MR) is 54.6 cm³/mol. The Bertz CT molecular complexity index is 459. The molecule has 1 aromatic carbocycles. The lowest BCUT2D eigenvalue weighted by molar-refractivity contribution is -0.0504. The SMILES string of the molecule is COC(=O)c1[c]c(C(=O)OC)c(OC(F)F)cc1. The number of methoxy groups -OCH3 is 2. The zero-order chi connectivity index (χ0) is 13.7. The summed E-state index contributed by atoms with van der Waals surface area (Å²) in [4.78, 5) is 22.6. The molecule has 0 aliphatic carbocycles. The number of alkyl halides is 2. The molecule has 0 saturated heterocycles. The third-order valence-corrected chi connectivity index (χ3v) is 1.92. The first-order valence-electron chi connectivity index (χ1n) is 4.67. The number of esters is 2. The second-order valence-electron chi connectivity index (χ2n) is 2.97. The van der Waals surface area contributed by atoms with Crippen molar-refractivity contribution >= 4 is 11.9 Å². The van der Waals surface area contributed by atoms with E-state index in [4.69, 9.17) is 0 Å². The molecule has 0 aromatic heterocycles. The molecule has 0 aliphatic rings. The first-order valence-corrected chi connectivity index (χ1v) is 4.67. The summed E-state index contributed by atoms with van der Waals surface area (Å²) in [7, 11) is 2.20. The van der Waals surface area contributed by atoms with Crippen molar-refractivity contribution in [1.82, 2.24) is 0 Å². The summed E-state index contributed by atoms with van der Waals surface area (Å²) in [6, 6.07) is 4.50. The van der Waals surface area contributed by atoms with Gasteiger partial charge < -0.3 is 14.2 Å². The molecular formula is C11H9F2O5. The van der Waals surface area contributed by atoms with Crippen molar-refractivity contribution in [3.05, 3.63) is 29.3 Å². The number of ether oxygens (including phenoxy) is 3. The molecule has 0 amide bonds. The molecule has 0 N–H and O–H groups in total. The molecule has 1 radical (unpaired) electrons. The van der Waals surface area contributed by atoms with Crippen LogP contribution in [0.25, 0.3) is 0 Å². The number of benzene rings is 1. The Morgan fingerprint density at radius 2 is 1.78 bits per heavy atom. The van der Waals surface area contributed by atoms with E-state index in [1.54, 1.807) is 0 Å². The molecule has 0 heterocycles. The first-order chi connectivity index (χ1) is 8.49. The molecule has 0 atom stereocenters. The normalized spacial score (nSPS) is 10.1. The molecule has 0 aliphatic heterocycles. The maximum Gasteiger partial charge on any atom is 0.387 e. The van der Waals surface area contributed by atoms with Gasteiger partial charge in [0, 0.05) is 6.07 Å². The Morgan fingerprint density at radius 3 is 2.28 bits per heavy atom. The van der Waals surface area contributed by atoms with Gasteiger partial charge in [-0.25, -0.2) is 9.59 Å². The average Bonchev–Trinajstić information content (AvgIpc) is 2.36. The molecule has 7 heteroatoms. The minimum Gasteiger partial charge on any atom is -0.465 e. The standard InChI is InChI=1S/C11H9F2O5/c1-16-9(14)6-3-4-8(18-11(12)13)7(5-6)10(15)17-2/h3-4,11H,1-2H3. The zero-order valence-electron chi connectivity index (χ0n) is 9.53. The van der Waals surface area contributed by atoms with Crippen LogP contribution in [0, 0.1) is 6.07 Å². The number of hydrogen-bond donors (Lipinski definition) is 0. The zero-order valence-corrected chi connectivity index (χ0v) is 9.53. The van der Waals surface area contributed by atoms with Crippen molar-refractivity contribution in [2.75, 3.05) is 14.2 Å². The first kappa shape index (κ1) is 13.9. The van der Waals surface area contributed by atoms with E-state index in [1.165, 1.54) is 0 Å². The van der Waals surface area contributed by atoms with Crippen molar-refractivity contribution in [3.63, 3.8) is 0 Å². The van der Waals surface area contributed by atoms with Crippen molar-refractivity contribution < 1.29 is 32.6 Å². The van der Waals surface area contributed by atoms with Gasteiger partial charge in [0.05, 0.1) is 19.8 Å². The second kappa shape index (κ2) is 5.95. The van der Waals surface area contributed by atoms with E-state index in [0.29, 0.717) is 0 Å². The van der Waals surface area contributed by atoms with Gasteiger partial charge in [-0.1, -0.05) is 0 Å². The van der Waals surface area contributed by atoms with Crippen LogP contribution in [0.3, 0.4) is 0 Å². The lowest BCUT2D eigenvalue weighted by atomic mass is 10.1. The van der Waals surface area contributed by atoms with Crippen molar-refractivity contribution in [3.8, 4) is 5.75 Å². The molecule has 0 fully saturated rings. The summed E-state index contributed by atoms with van der Waals surface area (Å²) in [5.74, 6) is -2.13. The van der Waals surface area contributed by atoms with Gasteiger partial charge in [0.25, 0.3) is 0 Å². The molecule has 1 aromatic rings. The van der Waals surface area contributed by atoms with E-state index in [9.17, 15) is 18.4 Å². The summed E-state index contributed by atoms with van der Waals surface area (Å²) in [6.07, 6.45) is 0. The molecule has 0 saturated carbocycles. The van der Waals surface area contributed by atoms with Gasteiger partial charge in [0.15, 0.2) is 0 Å². The molecule has 18 heavy (non-hydrogen) atoms. The highest BCUT2D eigenvalue weighted by atomic mass is 19.3. The van der Waals surface area contributed by atoms with Crippen molar-refractivity contribution in [2.24, 2.45) is 0 Å². The van der Waals surface area contributed by atoms with Gasteiger partial charge in [0.1, 0.15) is 11.3 Å². The van der Waals surface area contributed by atoms with Gasteiger partial charge in [-0.05, 0) is 12.1 Å². The van der Waals surface area contributed by atoms with Crippen LogP contribution in [0.4, 0.5) is 8.78 Å². The summed E-state index contributed by atoms with van der Waals surface area (Å²) in [5, 5.41) is 0. The summed E-state index contributed by atoms with van der Waals surface area (Å²) >= 11 is 0. The predicted octanol–water partition coefficient (Wildman–Crippen LogP) is 1.66. The Hall–Kier alpha value is -2.18. The van der Waals surface area contributed by atoms with Crippen LogP contribution < -0.4 is 4.74 Å². The fourth-order valence-corrected chi connectivity index (χ4v) is 1.16. The smallest absolute Gasteiger partial charge is 0.387 e. The van der Waals surface area contributed by atoms with Gasteiger partial charge in [-0.2, -0.15) is 8.78 Å². The maximum atomic E-state index is 12.1. The van der Waals surface area contributed by atoms with Crippen LogP contribution in [-0.4, -0.2) is 32.8 Å². The van der Waals surface area contributed by atoms with E-state index in [1.807, 2.05) is 0 Å². The molecule has 0 unspecified atom stereocenters. The Balaban J connectivity index is 3.20. The second-order valence-corrected chi connectivity index (χ2v) is 2.97. The summed E-state index contributed by atoms with van der Waals surface area (Å²) in [6.45, 7) is -3.11. The van der Waals surface area contributed by atoms with Gasteiger partial charge >= 0.3 is 18.6 Å². The summed E-state index contributed by atoms with van der Waals surface area (Å²) < 4.78 is 37.1. The van der Waals surface area contributed by atoms with Gasteiger partial charge in [0.2, 0.25) is 0 Å². The highest BCUT2D eigenvalue weighted by Crippen LogP contribution is 2.22. The third kappa shape index (κ3) is 3.16. The van der Waals surface area contributed by atoms with Crippen LogP contribution in [0.5, 0.6) is 5.75 Å². The Kier molecular flexibility index (Phi) is 4.59.